The highest BCUT2D eigenvalue weighted by Gasteiger charge is 2.51. The molecule has 0 spiro atoms. The molecule has 0 bridgehead atoms. The molecule has 1 aliphatic rings. The molecule has 9 heteroatoms. The Kier molecular flexibility index (Phi) is 5.81. The number of hydrogen-bond donors (Lipinski definition) is 1. The van der Waals surface area contributed by atoms with Crippen LogP contribution >= 0.6 is 11.3 Å². The highest BCUT2D eigenvalue weighted by Crippen LogP contribution is 2.40. The molecule has 0 amide bonds. The van der Waals surface area contributed by atoms with Gasteiger partial charge in [-0.1, -0.05) is 6.07 Å². The minimum atomic E-state index is -2.04. The van der Waals surface area contributed by atoms with Gasteiger partial charge < -0.3 is 19.3 Å². The molecule has 0 aliphatic heterocycles. The standard InChI is InChI=1S/C17H18O8S/c1-9(18)23-13-8-17(16(21)22,25-11(3)20)7-12(14-5-4-6-26-14)15(13)24-10(2)19/h4-7,13,15H,8H2,1-3H3,(H,21,22)/t13-,15-,17+/m1/s1. The van der Waals surface area contributed by atoms with Gasteiger partial charge in [0.1, 0.15) is 6.10 Å². The van der Waals surface area contributed by atoms with Crippen LogP contribution in [0.15, 0.2) is 23.6 Å². The van der Waals surface area contributed by atoms with Crippen LogP contribution in [-0.2, 0) is 33.4 Å². The fourth-order valence-electron chi connectivity index (χ4n) is 2.81. The van der Waals surface area contributed by atoms with Crippen LogP contribution < -0.4 is 0 Å². The number of esters is 3. The van der Waals surface area contributed by atoms with Crippen molar-refractivity contribution in [2.45, 2.75) is 45.0 Å². The Bertz CT molecular complexity index is 751. The van der Waals surface area contributed by atoms with Crippen LogP contribution in [0.25, 0.3) is 5.57 Å². The minimum Gasteiger partial charge on any atom is -0.478 e. The summed E-state index contributed by atoms with van der Waals surface area (Å²) in [7, 11) is 0. The van der Waals surface area contributed by atoms with E-state index in [0.29, 0.717) is 10.5 Å². The van der Waals surface area contributed by atoms with E-state index in [1.165, 1.54) is 24.3 Å². The quantitative estimate of drug-likeness (QED) is 0.605. The molecule has 2 rings (SSSR count). The largest absolute Gasteiger partial charge is 0.478 e. The van der Waals surface area contributed by atoms with Crippen LogP contribution in [0.3, 0.4) is 0 Å². The molecule has 0 aromatic carbocycles. The van der Waals surface area contributed by atoms with Crippen LogP contribution in [0.5, 0.6) is 0 Å². The van der Waals surface area contributed by atoms with Gasteiger partial charge in [0.2, 0.25) is 5.60 Å². The molecule has 3 atom stereocenters. The van der Waals surface area contributed by atoms with Gasteiger partial charge in [0.25, 0.3) is 0 Å². The van der Waals surface area contributed by atoms with Crippen molar-refractivity contribution in [3.8, 4) is 0 Å². The third-order valence-corrected chi connectivity index (χ3v) is 4.56. The van der Waals surface area contributed by atoms with Gasteiger partial charge >= 0.3 is 23.9 Å². The number of rotatable bonds is 5. The van der Waals surface area contributed by atoms with E-state index < -0.39 is 41.7 Å². The fraction of sp³-hybridized carbons (Fsp3) is 0.412. The molecule has 1 aliphatic carbocycles. The van der Waals surface area contributed by atoms with E-state index in [1.54, 1.807) is 17.5 Å². The van der Waals surface area contributed by atoms with Gasteiger partial charge in [-0.3, -0.25) is 14.4 Å². The summed E-state index contributed by atoms with van der Waals surface area (Å²) in [4.78, 5) is 47.1. The molecular formula is C17H18O8S. The Hall–Kier alpha value is -2.68. The maximum absolute atomic E-state index is 11.9. The zero-order valence-electron chi connectivity index (χ0n) is 14.4. The molecule has 26 heavy (non-hydrogen) atoms. The summed E-state index contributed by atoms with van der Waals surface area (Å²) in [5.74, 6) is -3.52. The van der Waals surface area contributed by atoms with Crippen LogP contribution in [-0.4, -0.2) is 46.8 Å². The molecule has 0 saturated carbocycles. The third-order valence-electron chi connectivity index (χ3n) is 3.64. The predicted molar refractivity (Wildman–Crippen MR) is 90.2 cm³/mol. The number of carbonyl (C=O) groups excluding carboxylic acids is 3. The maximum Gasteiger partial charge on any atom is 0.352 e. The second kappa shape index (κ2) is 7.69. The van der Waals surface area contributed by atoms with E-state index in [4.69, 9.17) is 14.2 Å². The predicted octanol–water partition coefficient (Wildman–Crippen LogP) is 1.79. The van der Waals surface area contributed by atoms with Crippen molar-refractivity contribution < 1.29 is 38.5 Å². The Morgan fingerprint density at radius 3 is 2.23 bits per heavy atom. The summed E-state index contributed by atoms with van der Waals surface area (Å²) < 4.78 is 15.6. The topological polar surface area (TPSA) is 116 Å². The van der Waals surface area contributed by atoms with Gasteiger partial charge in [0.15, 0.2) is 6.10 Å². The second-order valence-corrected chi connectivity index (χ2v) is 6.70. The maximum atomic E-state index is 11.9. The zero-order valence-corrected chi connectivity index (χ0v) is 15.2. The fourth-order valence-corrected chi connectivity index (χ4v) is 3.58. The summed E-state index contributed by atoms with van der Waals surface area (Å²) in [5, 5.41) is 11.5. The highest BCUT2D eigenvalue weighted by atomic mass is 32.1. The molecule has 0 radical (unpaired) electrons. The number of carboxylic acid groups (broad SMARTS) is 1. The zero-order chi connectivity index (χ0) is 19.5. The minimum absolute atomic E-state index is 0.302. The lowest BCUT2D eigenvalue weighted by Crippen LogP contribution is -2.52. The Morgan fingerprint density at radius 1 is 1.12 bits per heavy atom. The van der Waals surface area contributed by atoms with E-state index >= 15 is 0 Å². The van der Waals surface area contributed by atoms with Gasteiger partial charge in [-0.2, -0.15) is 0 Å². The molecule has 8 nitrogen and oxygen atoms in total. The molecule has 0 fully saturated rings. The first-order valence-corrected chi connectivity index (χ1v) is 8.56. The smallest absolute Gasteiger partial charge is 0.352 e. The van der Waals surface area contributed by atoms with Gasteiger partial charge in [-0.15, -0.1) is 11.3 Å². The molecule has 1 aromatic rings. The first-order valence-electron chi connectivity index (χ1n) is 7.68. The SMILES string of the molecule is CC(=O)O[C@@H]1C(c2cccs2)=C[C@@](OC(C)=O)(C(=O)O)C[C@H]1OC(C)=O. The van der Waals surface area contributed by atoms with E-state index in [1.807, 2.05) is 0 Å². The van der Waals surface area contributed by atoms with E-state index in [-0.39, 0.29) is 6.42 Å². The van der Waals surface area contributed by atoms with Crippen molar-refractivity contribution in [1.82, 2.24) is 0 Å². The summed E-state index contributed by atoms with van der Waals surface area (Å²) in [6, 6.07) is 3.43. The lowest BCUT2D eigenvalue weighted by atomic mass is 9.81. The highest BCUT2D eigenvalue weighted by molar-refractivity contribution is 7.11. The summed E-state index contributed by atoms with van der Waals surface area (Å²) in [6.45, 7) is 3.44. The third kappa shape index (κ3) is 4.29. The van der Waals surface area contributed by atoms with E-state index in [9.17, 15) is 24.3 Å². The van der Waals surface area contributed by atoms with Crippen molar-refractivity contribution in [3.63, 3.8) is 0 Å². The van der Waals surface area contributed by atoms with Crippen molar-refractivity contribution >= 4 is 40.8 Å². The van der Waals surface area contributed by atoms with Crippen LogP contribution in [0.4, 0.5) is 0 Å². The normalized spacial score (nSPS) is 25.0. The Balaban J connectivity index is 2.63. The van der Waals surface area contributed by atoms with Crippen LogP contribution in [0.2, 0.25) is 0 Å². The monoisotopic (exact) mass is 382 g/mol. The Labute approximate surface area is 153 Å². The molecule has 0 saturated heterocycles. The first kappa shape index (κ1) is 19.6. The summed E-state index contributed by atoms with van der Waals surface area (Å²) in [5.41, 5.74) is -1.74. The lowest BCUT2D eigenvalue weighted by Gasteiger charge is -2.38. The second-order valence-electron chi connectivity index (χ2n) is 5.75. The van der Waals surface area contributed by atoms with Crippen LogP contribution in [0, 0.1) is 0 Å². The molecular weight excluding hydrogens is 364 g/mol. The van der Waals surface area contributed by atoms with Crippen molar-refractivity contribution in [2.24, 2.45) is 0 Å². The van der Waals surface area contributed by atoms with Gasteiger partial charge in [0, 0.05) is 37.6 Å². The van der Waals surface area contributed by atoms with Gasteiger partial charge in [-0.25, -0.2) is 4.79 Å². The average Bonchev–Trinajstić information content (AvgIpc) is 3.02. The Morgan fingerprint density at radius 2 is 1.77 bits per heavy atom. The molecule has 1 N–H and O–H groups in total. The van der Waals surface area contributed by atoms with Crippen molar-refractivity contribution in [1.29, 1.82) is 0 Å². The number of aliphatic carboxylic acids is 1. The lowest BCUT2D eigenvalue weighted by molar-refractivity contribution is -0.182. The summed E-state index contributed by atoms with van der Waals surface area (Å²) >= 11 is 1.28. The first-order chi connectivity index (χ1) is 12.1. The van der Waals surface area contributed by atoms with Gasteiger partial charge in [-0.05, 0) is 17.5 Å². The number of hydrogen-bond acceptors (Lipinski definition) is 8. The molecule has 1 heterocycles. The molecule has 0 unspecified atom stereocenters. The van der Waals surface area contributed by atoms with Crippen molar-refractivity contribution in [3.05, 3.63) is 28.5 Å². The number of carbonyl (C=O) groups is 4. The van der Waals surface area contributed by atoms with Crippen molar-refractivity contribution in [2.75, 3.05) is 0 Å². The van der Waals surface area contributed by atoms with E-state index in [2.05, 4.69) is 0 Å². The molecule has 140 valence electrons. The summed E-state index contributed by atoms with van der Waals surface area (Å²) in [6.07, 6.45) is -1.28. The number of ether oxygens (including phenoxy) is 3. The number of thiophene rings is 1. The van der Waals surface area contributed by atoms with E-state index in [0.717, 1.165) is 13.8 Å². The van der Waals surface area contributed by atoms with Gasteiger partial charge in [0.05, 0.1) is 0 Å². The average molecular weight is 382 g/mol. The molecule has 1 aromatic heterocycles. The number of carboxylic acids is 1. The van der Waals surface area contributed by atoms with Crippen LogP contribution in [0.1, 0.15) is 32.1 Å².